The molecule has 0 fully saturated rings. The van der Waals surface area contributed by atoms with Gasteiger partial charge < -0.3 is 0 Å². The number of hydrogen-bond acceptors (Lipinski definition) is 5. The summed E-state index contributed by atoms with van der Waals surface area (Å²) in [5, 5.41) is 8.88. The number of nitrogens with zero attached hydrogens (tertiary/aromatic N) is 3. The third kappa shape index (κ3) is 2.32. The smallest absolute Gasteiger partial charge is 0.270 e. The van der Waals surface area contributed by atoms with E-state index in [2.05, 4.69) is 31.1 Å². The van der Waals surface area contributed by atoms with Gasteiger partial charge in [0.2, 0.25) is 0 Å². The predicted molar refractivity (Wildman–Crippen MR) is 62.5 cm³/mol. The molecule has 0 amide bonds. The first kappa shape index (κ1) is 10.9. The summed E-state index contributed by atoms with van der Waals surface area (Å²) in [6.07, 6.45) is 0. The third-order valence-corrected chi connectivity index (χ3v) is 4.32. The normalized spacial score (nSPS) is 10.8. The van der Waals surface area contributed by atoms with Crippen LogP contribution >= 0.6 is 39.0 Å². The highest BCUT2D eigenvalue weighted by atomic mass is 79.9. The molecule has 0 aromatic carbocycles. The van der Waals surface area contributed by atoms with E-state index in [1.165, 1.54) is 23.1 Å². The van der Waals surface area contributed by atoms with E-state index < -0.39 is 0 Å². The summed E-state index contributed by atoms with van der Waals surface area (Å²) in [5.74, 6) is 0. The zero-order chi connectivity index (χ0) is 10.8. The Labute approximate surface area is 102 Å². The summed E-state index contributed by atoms with van der Waals surface area (Å²) in [4.78, 5) is 15.5. The molecule has 80 valence electrons. The summed E-state index contributed by atoms with van der Waals surface area (Å²) in [5.41, 5.74) is -0.185. The Bertz CT molecular complexity index is 517. The molecule has 0 aliphatic carbocycles. The lowest BCUT2D eigenvalue weighted by molar-refractivity contribution is 0.660. The molecule has 0 unspecified atom stereocenters. The van der Waals surface area contributed by atoms with E-state index in [-0.39, 0.29) is 5.69 Å². The van der Waals surface area contributed by atoms with Gasteiger partial charge in [-0.2, -0.15) is 0 Å². The van der Waals surface area contributed by atoms with Gasteiger partial charge in [-0.05, 0) is 34.6 Å². The third-order valence-electron chi connectivity index (χ3n) is 1.67. The molecule has 1 N–H and O–H groups in total. The highest BCUT2D eigenvalue weighted by Crippen LogP contribution is 2.29. The van der Waals surface area contributed by atoms with Crippen LogP contribution in [0.5, 0.6) is 0 Å². The van der Waals surface area contributed by atoms with Gasteiger partial charge in [0.15, 0.2) is 9.50 Å². The monoisotopic (exact) mass is 306 g/mol. The molecule has 15 heavy (non-hydrogen) atoms. The van der Waals surface area contributed by atoms with E-state index in [1.807, 2.05) is 12.3 Å². The van der Waals surface area contributed by atoms with Crippen molar-refractivity contribution in [1.82, 2.24) is 19.7 Å². The highest BCUT2D eigenvalue weighted by Gasteiger charge is 2.10. The van der Waals surface area contributed by atoms with Gasteiger partial charge >= 0.3 is 5.69 Å². The summed E-state index contributed by atoms with van der Waals surface area (Å²) in [7, 11) is 0. The van der Waals surface area contributed by atoms with Crippen molar-refractivity contribution in [3.63, 3.8) is 0 Å². The van der Waals surface area contributed by atoms with Crippen LogP contribution in [0.4, 0.5) is 0 Å². The SMILES string of the molecule is CCn1c(Sc2nc(Br)cs2)n[nH]c1=O. The maximum Gasteiger partial charge on any atom is 0.343 e. The molecule has 2 aromatic rings. The predicted octanol–water partition coefficient (Wildman–Crippen LogP) is 1.96. The van der Waals surface area contributed by atoms with Gasteiger partial charge in [-0.25, -0.2) is 14.9 Å². The van der Waals surface area contributed by atoms with E-state index in [0.717, 1.165) is 8.94 Å². The minimum atomic E-state index is -0.185. The fraction of sp³-hybridized carbons (Fsp3) is 0.286. The molecule has 0 atom stereocenters. The van der Waals surface area contributed by atoms with Gasteiger partial charge in [0.25, 0.3) is 0 Å². The number of thiazole rings is 1. The summed E-state index contributed by atoms with van der Waals surface area (Å²) >= 11 is 6.16. The number of halogens is 1. The maximum atomic E-state index is 11.3. The van der Waals surface area contributed by atoms with Crippen LogP contribution in [-0.2, 0) is 6.54 Å². The number of H-pyrrole nitrogens is 1. The van der Waals surface area contributed by atoms with E-state index in [0.29, 0.717) is 11.7 Å². The van der Waals surface area contributed by atoms with Gasteiger partial charge in [0.05, 0.1) is 0 Å². The first-order chi connectivity index (χ1) is 7.20. The Morgan fingerprint density at radius 2 is 2.53 bits per heavy atom. The molecule has 8 heteroatoms. The number of aromatic nitrogens is 4. The fourth-order valence-corrected chi connectivity index (χ4v) is 3.39. The van der Waals surface area contributed by atoms with Crippen molar-refractivity contribution in [2.45, 2.75) is 23.0 Å². The van der Waals surface area contributed by atoms with Crippen LogP contribution in [0, 0.1) is 0 Å². The van der Waals surface area contributed by atoms with Crippen molar-refractivity contribution in [3.8, 4) is 0 Å². The van der Waals surface area contributed by atoms with E-state index in [4.69, 9.17) is 0 Å². The number of nitrogens with one attached hydrogen (secondary N) is 1. The highest BCUT2D eigenvalue weighted by molar-refractivity contribution is 9.10. The largest absolute Gasteiger partial charge is 0.343 e. The zero-order valence-corrected chi connectivity index (χ0v) is 10.9. The lowest BCUT2D eigenvalue weighted by Crippen LogP contribution is -2.15. The van der Waals surface area contributed by atoms with Gasteiger partial charge in [-0.3, -0.25) is 4.57 Å². The minimum absolute atomic E-state index is 0.185. The second-order valence-corrected chi connectivity index (χ2v) is 5.48. The molecule has 5 nitrogen and oxygen atoms in total. The molecule has 0 saturated carbocycles. The van der Waals surface area contributed by atoms with Crippen LogP contribution in [0.15, 0.2) is 24.3 Å². The molecular formula is C7H7BrN4OS2. The summed E-state index contributed by atoms with van der Waals surface area (Å²) < 4.78 is 3.23. The van der Waals surface area contributed by atoms with Crippen LogP contribution < -0.4 is 5.69 Å². The standard InChI is InChI=1S/C7H7BrN4OS2/c1-2-12-5(13)10-11-6(12)15-7-9-4(8)3-14-7/h3H,2H2,1H3,(H,10,13). The van der Waals surface area contributed by atoms with Gasteiger partial charge in [-0.1, -0.05) is 0 Å². The molecule has 0 spiro atoms. The van der Waals surface area contributed by atoms with Gasteiger partial charge in [0, 0.05) is 11.9 Å². The zero-order valence-electron chi connectivity index (χ0n) is 7.73. The molecule has 0 bridgehead atoms. The molecule has 0 aliphatic rings. The molecule has 2 aromatic heterocycles. The van der Waals surface area contributed by atoms with Gasteiger partial charge in [-0.15, -0.1) is 16.4 Å². The number of aromatic amines is 1. The average Bonchev–Trinajstić information content (AvgIpc) is 2.75. The number of rotatable bonds is 3. The van der Waals surface area contributed by atoms with Crippen LogP contribution in [0.2, 0.25) is 0 Å². The Balaban J connectivity index is 2.28. The van der Waals surface area contributed by atoms with E-state index >= 15 is 0 Å². The van der Waals surface area contributed by atoms with Crippen molar-refractivity contribution < 1.29 is 0 Å². The molecule has 0 radical (unpaired) electrons. The van der Waals surface area contributed by atoms with Crippen molar-refractivity contribution in [1.29, 1.82) is 0 Å². The minimum Gasteiger partial charge on any atom is -0.270 e. The molecule has 0 aliphatic heterocycles. The van der Waals surface area contributed by atoms with E-state index in [9.17, 15) is 4.79 Å². The summed E-state index contributed by atoms with van der Waals surface area (Å²) in [6, 6.07) is 0. The van der Waals surface area contributed by atoms with Crippen molar-refractivity contribution >= 4 is 39.0 Å². The first-order valence-electron chi connectivity index (χ1n) is 4.14. The molecular weight excluding hydrogens is 300 g/mol. The lowest BCUT2D eigenvalue weighted by Gasteiger charge is -1.97. The molecule has 2 heterocycles. The van der Waals surface area contributed by atoms with Crippen molar-refractivity contribution in [2.75, 3.05) is 0 Å². The van der Waals surface area contributed by atoms with Crippen molar-refractivity contribution in [2.24, 2.45) is 0 Å². The Hall–Kier alpha value is -0.600. The summed E-state index contributed by atoms with van der Waals surface area (Å²) in [6.45, 7) is 2.50. The quantitative estimate of drug-likeness (QED) is 0.941. The Morgan fingerprint density at radius 1 is 1.73 bits per heavy atom. The van der Waals surface area contributed by atoms with Crippen LogP contribution in [0.1, 0.15) is 6.92 Å². The van der Waals surface area contributed by atoms with Crippen LogP contribution in [0.3, 0.4) is 0 Å². The topological polar surface area (TPSA) is 63.6 Å². The Morgan fingerprint density at radius 3 is 3.13 bits per heavy atom. The lowest BCUT2D eigenvalue weighted by atomic mass is 10.7. The van der Waals surface area contributed by atoms with Crippen molar-refractivity contribution in [3.05, 3.63) is 20.5 Å². The first-order valence-corrected chi connectivity index (χ1v) is 6.63. The average molecular weight is 307 g/mol. The van der Waals surface area contributed by atoms with E-state index in [1.54, 1.807) is 4.57 Å². The number of hydrogen-bond donors (Lipinski definition) is 1. The fourth-order valence-electron chi connectivity index (χ4n) is 1.02. The van der Waals surface area contributed by atoms with Crippen LogP contribution in [-0.4, -0.2) is 19.7 Å². The Kier molecular flexibility index (Phi) is 3.27. The second kappa shape index (κ2) is 4.50. The molecule has 0 saturated heterocycles. The maximum absolute atomic E-state index is 11.3. The van der Waals surface area contributed by atoms with Crippen LogP contribution in [0.25, 0.3) is 0 Å². The second-order valence-electron chi connectivity index (χ2n) is 2.59. The molecule has 2 rings (SSSR count). The van der Waals surface area contributed by atoms with Gasteiger partial charge in [0.1, 0.15) is 4.60 Å².